The van der Waals surface area contributed by atoms with Gasteiger partial charge in [0.2, 0.25) is 0 Å². The van der Waals surface area contributed by atoms with Crippen LogP contribution in [-0.4, -0.2) is 41.1 Å². The van der Waals surface area contributed by atoms with Crippen molar-refractivity contribution in [1.29, 1.82) is 0 Å². The van der Waals surface area contributed by atoms with E-state index in [2.05, 4.69) is 0 Å². The summed E-state index contributed by atoms with van der Waals surface area (Å²) in [6.07, 6.45) is 2.90. The molecule has 2 amide bonds. The largest absolute Gasteiger partial charge is 0.480 e. The number of anilines is 1. The van der Waals surface area contributed by atoms with Crippen LogP contribution in [0.5, 0.6) is 0 Å². The van der Waals surface area contributed by atoms with Gasteiger partial charge in [-0.05, 0) is 44.7 Å². The molecule has 0 unspecified atom stereocenters. The van der Waals surface area contributed by atoms with Gasteiger partial charge in [0.05, 0.1) is 0 Å². The summed E-state index contributed by atoms with van der Waals surface area (Å²) < 4.78 is 0. The normalized spacial score (nSPS) is 15.1. The zero-order valence-electron chi connectivity index (χ0n) is 12.8. The molecule has 0 saturated heterocycles. The van der Waals surface area contributed by atoms with E-state index in [0.29, 0.717) is 6.54 Å². The van der Waals surface area contributed by atoms with Crippen molar-refractivity contribution in [3.05, 3.63) is 29.8 Å². The predicted octanol–water partition coefficient (Wildman–Crippen LogP) is 2.74. The molecule has 1 aromatic rings. The van der Waals surface area contributed by atoms with Gasteiger partial charge in [-0.15, -0.1) is 0 Å². The third kappa shape index (κ3) is 2.86. The molecular formula is C16H22N2O3. The number of para-hydroxylation sites is 1. The Kier molecular flexibility index (Phi) is 4.21. The summed E-state index contributed by atoms with van der Waals surface area (Å²) in [4.78, 5) is 27.1. The molecule has 0 saturated carbocycles. The Balaban J connectivity index is 2.33. The second kappa shape index (κ2) is 5.76. The summed E-state index contributed by atoms with van der Waals surface area (Å²) in [6, 6.07) is 7.57. The monoisotopic (exact) mass is 290 g/mol. The second-order valence-corrected chi connectivity index (χ2v) is 5.94. The van der Waals surface area contributed by atoms with Crippen LogP contribution < -0.4 is 4.90 Å². The molecule has 2 rings (SSSR count). The van der Waals surface area contributed by atoms with Crippen molar-refractivity contribution in [1.82, 2.24) is 4.90 Å². The molecule has 0 aromatic heterocycles. The van der Waals surface area contributed by atoms with Crippen molar-refractivity contribution in [2.45, 2.75) is 38.6 Å². The number of hydrogen-bond acceptors (Lipinski definition) is 2. The minimum atomic E-state index is -1.24. The number of amides is 2. The lowest BCUT2D eigenvalue weighted by Gasteiger charge is -2.36. The number of aryl methyl sites for hydroxylation is 1. The van der Waals surface area contributed by atoms with Gasteiger partial charge >= 0.3 is 12.0 Å². The smallest absolute Gasteiger partial charge is 0.329 e. The first kappa shape index (κ1) is 15.4. The Morgan fingerprint density at radius 2 is 1.90 bits per heavy atom. The fourth-order valence-corrected chi connectivity index (χ4v) is 2.45. The van der Waals surface area contributed by atoms with Crippen molar-refractivity contribution in [2.24, 2.45) is 0 Å². The average Bonchev–Trinajstić information content (AvgIpc) is 2.67. The molecular weight excluding hydrogens is 268 g/mol. The van der Waals surface area contributed by atoms with Gasteiger partial charge in [0.1, 0.15) is 5.54 Å². The van der Waals surface area contributed by atoms with E-state index in [0.717, 1.165) is 30.5 Å². The van der Waals surface area contributed by atoms with Crippen LogP contribution in [0.4, 0.5) is 10.5 Å². The van der Waals surface area contributed by atoms with E-state index in [9.17, 15) is 14.7 Å². The SMILES string of the molecule is CN(C(=O)N1CCCCc2ccccc21)C(C)(C)C(=O)O. The van der Waals surface area contributed by atoms with E-state index in [1.807, 2.05) is 24.3 Å². The number of carbonyl (C=O) groups is 2. The van der Waals surface area contributed by atoms with Crippen LogP contribution in [-0.2, 0) is 11.2 Å². The van der Waals surface area contributed by atoms with E-state index in [-0.39, 0.29) is 6.03 Å². The Morgan fingerprint density at radius 1 is 1.24 bits per heavy atom. The van der Waals surface area contributed by atoms with Gasteiger partial charge in [0.25, 0.3) is 0 Å². The van der Waals surface area contributed by atoms with Gasteiger partial charge in [-0.3, -0.25) is 4.90 Å². The maximum atomic E-state index is 12.8. The van der Waals surface area contributed by atoms with Crippen LogP contribution in [0.25, 0.3) is 0 Å². The minimum Gasteiger partial charge on any atom is -0.480 e. The molecule has 0 atom stereocenters. The standard InChI is InChI=1S/C16H22N2O3/c1-16(2,14(19)20)17(3)15(21)18-11-7-6-9-12-8-4-5-10-13(12)18/h4-5,8,10H,6-7,9,11H2,1-3H3,(H,19,20). The highest BCUT2D eigenvalue weighted by molar-refractivity contribution is 5.96. The molecule has 1 aliphatic rings. The molecule has 0 fully saturated rings. The highest BCUT2D eigenvalue weighted by Gasteiger charge is 2.38. The van der Waals surface area contributed by atoms with E-state index in [4.69, 9.17) is 0 Å². The first-order chi connectivity index (χ1) is 9.85. The van der Waals surface area contributed by atoms with Crippen molar-refractivity contribution in [2.75, 3.05) is 18.5 Å². The van der Waals surface area contributed by atoms with E-state index >= 15 is 0 Å². The Morgan fingerprint density at radius 3 is 2.57 bits per heavy atom. The van der Waals surface area contributed by atoms with Gasteiger partial charge in [0.15, 0.2) is 0 Å². The number of carbonyl (C=O) groups excluding carboxylic acids is 1. The Hall–Kier alpha value is -2.04. The van der Waals surface area contributed by atoms with Gasteiger partial charge in [-0.1, -0.05) is 18.2 Å². The number of carboxylic acids is 1. The van der Waals surface area contributed by atoms with Crippen molar-refractivity contribution >= 4 is 17.7 Å². The van der Waals surface area contributed by atoms with Crippen molar-refractivity contribution in [3.63, 3.8) is 0 Å². The number of benzene rings is 1. The van der Waals surface area contributed by atoms with Crippen molar-refractivity contribution in [3.8, 4) is 0 Å². The molecule has 21 heavy (non-hydrogen) atoms. The molecule has 1 aliphatic heterocycles. The predicted molar refractivity (Wildman–Crippen MR) is 81.6 cm³/mol. The third-order valence-electron chi connectivity index (χ3n) is 4.24. The maximum absolute atomic E-state index is 12.8. The first-order valence-electron chi connectivity index (χ1n) is 7.22. The van der Waals surface area contributed by atoms with Gasteiger partial charge in [-0.2, -0.15) is 0 Å². The van der Waals surface area contributed by atoms with Crippen LogP contribution in [0.2, 0.25) is 0 Å². The first-order valence-corrected chi connectivity index (χ1v) is 7.22. The van der Waals surface area contributed by atoms with Crippen LogP contribution >= 0.6 is 0 Å². The Labute approximate surface area is 125 Å². The molecule has 0 radical (unpaired) electrons. The lowest BCUT2D eigenvalue weighted by atomic mass is 10.0. The molecule has 1 aromatic carbocycles. The molecule has 1 heterocycles. The lowest BCUT2D eigenvalue weighted by molar-refractivity contribution is -0.146. The van der Waals surface area contributed by atoms with E-state index < -0.39 is 11.5 Å². The zero-order chi connectivity index (χ0) is 15.6. The molecule has 5 heteroatoms. The Bertz CT molecular complexity index is 554. The molecule has 0 aliphatic carbocycles. The highest BCUT2D eigenvalue weighted by Crippen LogP contribution is 2.28. The number of nitrogens with zero attached hydrogens (tertiary/aromatic N) is 2. The lowest BCUT2D eigenvalue weighted by Crippen LogP contribution is -2.55. The number of carboxylic acid groups (broad SMARTS) is 1. The summed E-state index contributed by atoms with van der Waals surface area (Å²) in [6.45, 7) is 3.70. The fourth-order valence-electron chi connectivity index (χ4n) is 2.45. The fraction of sp³-hybridized carbons (Fsp3) is 0.500. The second-order valence-electron chi connectivity index (χ2n) is 5.94. The number of hydrogen-bond donors (Lipinski definition) is 1. The van der Waals surface area contributed by atoms with Crippen LogP contribution in [0.1, 0.15) is 32.3 Å². The summed E-state index contributed by atoms with van der Waals surface area (Å²) in [5.74, 6) is -1.01. The number of urea groups is 1. The quantitative estimate of drug-likeness (QED) is 0.911. The van der Waals surface area contributed by atoms with Crippen LogP contribution in [0, 0.1) is 0 Å². The van der Waals surface area contributed by atoms with E-state index in [1.165, 1.54) is 18.7 Å². The van der Waals surface area contributed by atoms with Gasteiger partial charge in [-0.25, -0.2) is 9.59 Å². The summed E-state index contributed by atoms with van der Waals surface area (Å²) in [5.41, 5.74) is 0.802. The molecule has 5 nitrogen and oxygen atoms in total. The maximum Gasteiger partial charge on any atom is 0.329 e. The minimum absolute atomic E-state index is 0.267. The highest BCUT2D eigenvalue weighted by atomic mass is 16.4. The third-order valence-corrected chi connectivity index (χ3v) is 4.24. The molecule has 1 N–H and O–H groups in total. The van der Waals surface area contributed by atoms with Gasteiger partial charge in [0, 0.05) is 19.3 Å². The van der Waals surface area contributed by atoms with Gasteiger partial charge < -0.3 is 10.0 Å². The molecule has 0 spiro atoms. The zero-order valence-corrected chi connectivity index (χ0v) is 12.8. The number of aliphatic carboxylic acids is 1. The summed E-state index contributed by atoms with van der Waals surface area (Å²) >= 11 is 0. The average molecular weight is 290 g/mol. The topological polar surface area (TPSA) is 60.9 Å². The van der Waals surface area contributed by atoms with Crippen LogP contribution in [0.3, 0.4) is 0 Å². The molecule has 114 valence electrons. The number of fused-ring (bicyclic) bond motifs is 1. The van der Waals surface area contributed by atoms with Crippen molar-refractivity contribution < 1.29 is 14.7 Å². The summed E-state index contributed by atoms with van der Waals surface area (Å²) in [7, 11) is 1.55. The molecule has 0 bridgehead atoms. The number of likely N-dealkylation sites (N-methyl/N-ethyl adjacent to an activating group) is 1. The summed E-state index contributed by atoms with van der Waals surface area (Å²) in [5, 5.41) is 9.30. The number of rotatable bonds is 2. The van der Waals surface area contributed by atoms with E-state index in [1.54, 1.807) is 11.9 Å². The van der Waals surface area contributed by atoms with Crippen LogP contribution in [0.15, 0.2) is 24.3 Å².